The van der Waals surface area contributed by atoms with E-state index in [4.69, 9.17) is 26.8 Å². The van der Waals surface area contributed by atoms with E-state index in [2.05, 4.69) is 10.6 Å². The molecule has 0 aliphatic carbocycles. The second-order valence-electron chi connectivity index (χ2n) is 4.75. The normalized spacial score (nSPS) is 17.7. The third-order valence-corrected chi connectivity index (χ3v) is 3.44. The minimum absolute atomic E-state index is 0.00156. The molecule has 1 saturated heterocycles. The van der Waals surface area contributed by atoms with Gasteiger partial charge in [-0.05, 0) is 13.0 Å². The van der Waals surface area contributed by atoms with E-state index in [9.17, 15) is 9.59 Å². The maximum Gasteiger partial charge on any atom is 0.255 e. The number of carbonyl (C=O) groups is 2. The summed E-state index contributed by atoms with van der Waals surface area (Å²) in [5.74, 6) is -0.128. The van der Waals surface area contributed by atoms with Gasteiger partial charge in [-0.3, -0.25) is 9.59 Å². The Kier molecular flexibility index (Phi) is 5.46. The molecule has 1 aromatic rings. The van der Waals surface area contributed by atoms with Gasteiger partial charge < -0.3 is 25.8 Å². The number of halogens is 1. The standard InChI is InChI=1S/C14H18ClN3O4/c1-2-21-12-4-11(16)10(15)3-9(12)14(20)18-6-8-5-17-13(19)7-22-8/h3-4,8H,2,5-7,16H2,1H3,(H,17,19)(H,18,20)/t8-/m1/s1. The highest BCUT2D eigenvalue weighted by Crippen LogP contribution is 2.29. The molecule has 0 aromatic heterocycles. The fourth-order valence-electron chi connectivity index (χ4n) is 1.99. The molecule has 120 valence electrons. The number of anilines is 1. The minimum atomic E-state index is -0.342. The Bertz CT molecular complexity index is 569. The molecule has 0 spiro atoms. The van der Waals surface area contributed by atoms with Crippen LogP contribution in [0.2, 0.25) is 5.02 Å². The Labute approximate surface area is 133 Å². The second-order valence-corrected chi connectivity index (χ2v) is 5.16. The van der Waals surface area contributed by atoms with Crippen LogP contribution in [0.25, 0.3) is 0 Å². The van der Waals surface area contributed by atoms with Crippen LogP contribution >= 0.6 is 11.6 Å². The molecular formula is C14H18ClN3O4. The molecule has 2 rings (SSSR count). The van der Waals surface area contributed by atoms with Gasteiger partial charge in [-0.25, -0.2) is 0 Å². The molecule has 1 atom stereocenters. The van der Waals surface area contributed by atoms with Crippen molar-refractivity contribution in [2.24, 2.45) is 0 Å². The average molecular weight is 328 g/mol. The number of benzene rings is 1. The van der Waals surface area contributed by atoms with Crippen molar-refractivity contribution in [3.05, 3.63) is 22.7 Å². The van der Waals surface area contributed by atoms with Gasteiger partial charge in [0.05, 0.1) is 29.0 Å². The first-order valence-electron chi connectivity index (χ1n) is 6.89. The van der Waals surface area contributed by atoms with Gasteiger partial charge in [0.1, 0.15) is 12.4 Å². The summed E-state index contributed by atoms with van der Waals surface area (Å²) in [7, 11) is 0. The third-order valence-electron chi connectivity index (χ3n) is 3.11. The number of nitrogen functional groups attached to an aromatic ring is 1. The van der Waals surface area contributed by atoms with E-state index in [0.29, 0.717) is 30.2 Å². The Morgan fingerprint density at radius 1 is 1.59 bits per heavy atom. The number of rotatable bonds is 5. The topological polar surface area (TPSA) is 103 Å². The minimum Gasteiger partial charge on any atom is -0.493 e. The number of morpholine rings is 1. The van der Waals surface area contributed by atoms with Gasteiger partial charge in [-0.2, -0.15) is 0 Å². The lowest BCUT2D eigenvalue weighted by Crippen LogP contribution is -2.48. The lowest BCUT2D eigenvalue weighted by Gasteiger charge is -2.23. The van der Waals surface area contributed by atoms with Crippen LogP contribution in [-0.2, 0) is 9.53 Å². The van der Waals surface area contributed by atoms with Gasteiger partial charge >= 0.3 is 0 Å². The lowest BCUT2D eigenvalue weighted by molar-refractivity contribution is -0.132. The average Bonchev–Trinajstić information content (AvgIpc) is 2.50. The molecule has 1 heterocycles. The van der Waals surface area contributed by atoms with Crippen LogP contribution in [0.5, 0.6) is 5.75 Å². The first kappa shape index (κ1) is 16.4. The summed E-state index contributed by atoms with van der Waals surface area (Å²) in [5.41, 5.74) is 6.37. The molecule has 2 amide bonds. The first-order valence-corrected chi connectivity index (χ1v) is 7.27. The van der Waals surface area contributed by atoms with E-state index in [1.165, 1.54) is 12.1 Å². The molecule has 1 aliphatic heterocycles. The number of hydrogen-bond acceptors (Lipinski definition) is 5. The Morgan fingerprint density at radius 2 is 2.36 bits per heavy atom. The number of nitrogens with two attached hydrogens (primary N) is 1. The van der Waals surface area contributed by atoms with Crippen LogP contribution in [0.3, 0.4) is 0 Å². The van der Waals surface area contributed by atoms with Crippen molar-refractivity contribution in [3.63, 3.8) is 0 Å². The SMILES string of the molecule is CCOc1cc(N)c(Cl)cc1C(=O)NC[C@H]1CNC(=O)CO1. The quantitative estimate of drug-likeness (QED) is 0.686. The van der Waals surface area contributed by atoms with E-state index >= 15 is 0 Å². The number of hydrogen-bond donors (Lipinski definition) is 3. The smallest absolute Gasteiger partial charge is 0.255 e. The number of carbonyl (C=O) groups excluding carboxylic acids is 2. The van der Waals surface area contributed by atoms with E-state index in [1.54, 1.807) is 0 Å². The molecule has 0 unspecified atom stereocenters. The zero-order valence-electron chi connectivity index (χ0n) is 12.1. The van der Waals surface area contributed by atoms with Gasteiger partial charge in [0.2, 0.25) is 5.91 Å². The van der Waals surface area contributed by atoms with Crippen molar-refractivity contribution < 1.29 is 19.1 Å². The van der Waals surface area contributed by atoms with E-state index in [1.807, 2.05) is 6.92 Å². The predicted molar refractivity (Wildman–Crippen MR) is 82.1 cm³/mol. The van der Waals surface area contributed by atoms with Crippen LogP contribution in [0.4, 0.5) is 5.69 Å². The highest BCUT2D eigenvalue weighted by molar-refractivity contribution is 6.33. The first-order chi connectivity index (χ1) is 10.5. The molecule has 8 heteroatoms. The van der Waals surface area contributed by atoms with Crippen LogP contribution in [-0.4, -0.2) is 44.2 Å². The van der Waals surface area contributed by atoms with E-state index in [-0.39, 0.29) is 36.1 Å². The predicted octanol–water partition coefficient (Wildman–Crippen LogP) is 0.566. The van der Waals surface area contributed by atoms with Crippen molar-refractivity contribution in [1.29, 1.82) is 0 Å². The number of amides is 2. The third kappa shape index (κ3) is 4.02. The van der Waals surface area contributed by atoms with Crippen molar-refractivity contribution in [1.82, 2.24) is 10.6 Å². The maximum absolute atomic E-state index is 12.3. The van der Waals surface area contributed by atoms with Crippen LogP contribution in [0.15, 0.2) is 12.1 Å². The van der Waals surface area contributed by atoms with Crippen LogP contribution < -0.4 is 21.1 Å². The number of ether oxygens (including phenoxy) is 2. The summed E-state index contributed by atoms with van der Waals surface area (Å²) >= 11 is 5.96. The van der Waals surface area contributed by atoms with Crippen molar-refractivity contribution in [3.8, 4) is 5.75 Å². The largest absolute Gasteiger partial charge is 0.493 e. The molecule has 0 bridgehead atoms. The summed E-state index contributed by atoms with van der Waals surface area (Å²) in [5, 5.41) is 5.69. The molecule has 0 saturated carbocycles. The summed E-state index contributed by atoms with van der Waals surface area (Å²) in [6, 6.07) is 3.00. The van der Waals surface area contributed by atoms with Crippen LogP contribution in [0.1, 0.15) is 17.3 Å². The Balaban J connectivity index is 2.02. The molecule has 22 heavy (non-hydrogen) atoms. The second kappa shape index (κ2) is 7.33. The highest BCUT2D eigenvalue weighted by Gasteiger charge is 2.21. The zero-order chi connectivity index (χ0) is 16.1. The molecule has 1 aliphatic rings. The van der Waals surface area contributed by atoms with E-state index < -0.39 is 0 Å². The van der Waals surface area contributed by atoms with Crippen molar-refractivity contribution in [2.45, 2.75) is 13.0 Å². The van der Waals surface area contributed by atoms with Gasteiger partial charge in [-0.15, -0.1) is 0 Å². The number of nitrogens with one attached hydrogen (secondary N) is 2. The van der Waals surface area contributed by atoms with Gasteiger partial charge in [0.15, 0.2) is 0 Å². The van der Waals surface area contributed by atoms with Crippen molar-refractivity contribution in [2.75, 3.05) is 32.0 Å². The summed E-state index contributed by atoms with van der Waals surface area (Å²) < 4.78 is 10.7. The highest BCUT2D eigenvalue weighted by atomic mass is 35.5. The fourth-order valence-corrected chi connectivity index (χ4v) is 2.15. The fraction of sp³-hybridized carbons (Fsp3) is 0.429. The van der Waals surface area contributed by atoms with Gasteiger partial charge in [-0.1, -0.05) is 11.6 Å². The summed E-state index contributed by atoms with van der Waals surface area (Å²) in [4.78, 5) is 23.3. The molecule has 1 fully saturated rings. The molecule has 0 radical (unpaired) electrons. The van der Waals surface area contributed by atoms with Crippen LogP contribution in [0, 0.1) is 0 Å². The monoisotopic (exact) mass is 327 g/mol. The lowest BCUT2D eigenvalue weighted by atomic mass is 10.1. The van der Waals surface area contributed by atoms with Gasteiger partial charge in [0, 0.05) is 19.2 Å². The Hall–Kier alpha value is -1.99. The molecule has 1 aromatic carbocycles. The zero-order valence-corrected chi connectivity index (χ0v) is 12.9. The summed E-state index contributed by atoms with van der Waals surface area (Å²) in [6.07, 6.45) is -0.263. The van der Waals surface area contributed by atoms with Crippen molar-refractivity contribution >= 4 is 29.1 Å². The molecular weight excluding hydrogens is 310 g/mol. The molecule has 4 N–H and O–H groups in total. The Morgan fingerprint density at radius 3 is 3.00 bits per heavy atom. The van der Waals surface area contributed by atoms with Gasteiger partial charge in [0.25, 0.3) is 5.91 Å². The maximum atomic E-state index is 12.3. The summed E-state index contributed by atoms with van der Waals surface area (Å²) in [6.45, 7) is 2.84. The molecule has 7 nitrogen and oxygen atoms in total. The van der Waals surface area contributed by atoms with E-state index in [0.717, 1.165) is 0 Å².